The smallest absolute Gasteiger partial charge is 0.226 e. The third kappa shape index (κ3) is 2.02. The average molecular weight is 226 g/mol. The van der Waals surface area contributed by atoms with Crippen LogP contribution in [0, 0.1) is 12.7 Å². The molecule has 0 unspecified atom stereocenters. The molecule has 1 heterocycles. The number of aryl methyl sites for hydroxylation is 1. The molecular formula is C11H9ClFNO. The third-order valence-corrected chi connectivity index (χ3v) is 2.38. The lowest BCUT2D eigenvalue weighted by atomic mass is 10.1. The predicted octanol–water partition coefficient (Wildman–Crippen LogP) is 3.53. The van der Waals surface area contributed by atoms with Crippen LogP contribution in [0.5, 0.6) is 0 Å². The Morgan fingerprint density at radius 1 is 1.47 bits per heavy atom. The van der Waals surface area contributed by atoms with Crippen LogP contribution in [0.4, 0.5) is 4.39 Å². The minimum atomic E-state index is -0.266. The molecule has 0 aliphatic rings. The monoisotopic (exact) mass is 225 g/mol. The molecule has 0 aliphatic heterocycles. The van der Waals surface area contributed by atoms with Crippen LogP contribution in [0.1, 0.15) is 11.3 Å². The number of halogens is 2. The Bertz CT molecular complexity index is 481. The lowest BCUT2D eigenvalue weighted by Crippen LogP contribution is -1.85. The van der Waals surface area contributed by atoms with Crippen molar-refractivity contribution in [3.8, 4) is 11.5 Å². The minimum absolute atomic E-state index is 0.266. The van der Waals surface area contributed by atoms with Crippen molar-refractivity contribution in [2.45, 2.75) is 12.8 Å². The molecule has 15 heavy (non-hydrogen) atoms. The molecule has 0 N–H and O–H groups in total. The van der Waals surface area contributed by atoms with E-state index in [9.17, 15) is 4.39 Å². The summed E-state index contributed by atoms with van der Waals surface area (Å²) >= 11 is 5.59. The van der Waals surface area contributed by atoms with Gasteiger partial charge in [-0.05, 0) is 24.6 Å². The first-order valence-corrected chi connectivity index (χ1v) is 5.01. The van der Waals surface area contributed by atoms with Gasteiger partial charge in [0.2, 0.25) is 5.89 Å². The van der Waals surface area contributed by atoms with Gasteiger partial charge in [0, 0.05) is 5.56 Å². The minimum Gasteiger partial charge on any atom is -0.444 e. The van der Waals surface area contributed by atoms with Gasteiger partial charge in [0.15, 0.2) is 0 Å². The summed E-state index contributed by atoms with van der Waals surface area (Å²) in [6.45, 7) is 1.71. The fourth-order valence-corrected chi connectivity index (χ4v) is 1.35. The number of hydrogen-bond acceptors (Lipinski definition) is 2. The molecule has 0 fully saturated rings. The molecular weight excluding hydrogens is 217 g/mol. The molecule has 78 valence electrons. The van der Waals surface area contributed by atoms with Crippen molar-refractivity contribution in [3.63, 3.8) is 0 Å². The van der Waals surface area contributed by atoms with Gasteiger partial charge in [0.25, 0.3) is 0 Å². The Morgan fingerprint density at radius 2 is 2.27 bits per heavy atom. The van der Waals surface area contributed by atoms with Gasteiger partial charge >= 0.3 is 0 Å². The van der Waals surface area contributed by atoms with Crippen LogP contribution >= 0.6 is 11.6 Å². The molecule has 0 aliphatic carbocycles. The second-order valence-electron chi connectivity index (χ2n) is 3.24. The van der Waals surface area contributed by atoms with E-state index in [4.69, 9.17) is 16.0 Å². The highest BCUT2D eigenvalue weighted by Gasteiger charge is 2.07. The molecule has 0 saturated heterocycles. The predicted molar refractivity (Wildman–Crippen MR) is 56.2 cm³/mol. The zero-order valence-electron chi connectivity index (χ0n) is 8.13. The number of aromatic nitrogens is 1. The fraction of sp³-hybridized carbons (Fsp3) is 0.182. The zero-order valence-corrected chi connectivity index (χ0v) is 8.88. The summed E-state index contributed by atoms with van der Waals surface area (Å²) in [6.07, 6.45) is 1.47. The Hall–Kier alpha value is -1.35. The molecule has 0 bridgehead atoms. The largest absolute Gasteiger partial charge is 0.444 e. The van der Waals surface area contributed by atoms with E-state index in [1.54, 1.807) is 19.1 Å². The number of rotatable bonds is 2. The van der Waals surface area contributed by atoms with Gasteiger partial charge in [-0.15, -0.1) is 11.6 Å². The highest BCUT2D eigenvalue weighted by atomic mass is 35.5. The molecule has 0 spiro atoms. The second-order valence-corrected chi connectivity index (χ2v) is 3.51. The summed E-state index contributed by atoms with van der Waals surface area (Å²) in [5.74, 6) is 0.417. The van der Waals surface area contributed by atoms with Crippen molar-refractivity contribution in [3.05, 3.63) is 41.5 Å². The van der Waals surface area contributed by atoms with Crippen molar-refractivity contribution in [1.29, 1.82) is 0 Å². The Balaban J connectivity index is 2.40. The number of hydrogen-bond donors (Lipinski definition) is 0. The number of alkyl halides is 1. The van der Waals surface area contributed by atoms with Gasteiger partial charge in [-0.25, -0.2) is 9.37 Å². The SMILES string of the molecule is Cc1ccc(-c2nc(CCl)co2)cc1F. The van der Waals surface area contributed by atoms with Crippen molar-refractivity contribution in [2.75, 3.05) is 0 Å². The normalized spacial score (nSPS) is 10.6. The summed E-state index contributed by atoms with van der Waals surface area (Å²) in [7, 11) is 0. The van der Waals surface area contributed by atoms with E-state index in [0.29, 0.717) is 22.7 Å². The van der Waals surface area contributed by atoms with E-state index in [2.05, 4.69) is 4.98 Å². The Morgan fingerprint density at radius 3 is 2.87 bits per heavy atom. The van der Waals surface area contributed by atoms with Crippen molar-refractivity contribution in [2.24, 2.45) is 0 Å². The van der Waals surface area contributed by atoms with E-state index in [0.717, 1.165) is 0 Å². The molecule has 0 amide bonds. The lowest BCUT2D eigenvalue weighted by Gasteiger charge is -1.98. The quantitative estimate of drug-likeness (QED) is 0.731. The molecule has 0 saturated carbocycles. The van der Waals surface area contributed by atoms with E-state index >= 15 is 0 Å². The highest BCUT2D eigenvalue weighted by Crippen LogP contribution is 2.21. The highest BCUT2D eigenvalue weighted by molar-refractivity contribution is 6.16. The number of benzene rings is 1. The lowest BCUT2D eigenvalue weighted by molar-refractivity contribution is 0.570. The van der Waals surface area contributed by atoms with Gasteiger partial charge in [0.05, 0.1) is 11.6 Å². The summed E-state index contributed by atoms with van der Waals surface area (Å²) in [5.41, 5.74) is 1.87. The fourth-order valence-electron chi connectivity index (χ4n) is 1.23. The number of oxazole rings is 1. The van der Waals surface area contributed by atoms with Crippen molar-refractivity contribution >= 4 is 11.6 Å². The first-order chi connectivity index (χ1) is 7.20. The standard InChI is InChI=1S/C11H9ClFNO/c1-7-2-3-8(4-10(7)13)11-14-9(5-12)6-15-11/h2-4,6H,5H2,1H3. The first kappa shape index (κ1) is 10.2. The summed E-state index contributed by atoms with van der Waals surface area (Å²) in [6, 6.07) is 4.86. The van der Waals surface area contributed by atoms with Crippen LogP contribution < -0.4 is 0 Å². The van der Waals surface area contributed by atoms with Gasteiger partial charge in [-0.2, -0.15) is 0 Å². The van der Waals surface area contributed by atoms with E-state index in [-0.39, 0.29) is 11.7 Å². The molecule has 0 atom stereocenters. The topological polar surface area (TPSA) is 26.0 Å². The van der Waals surface area contributed by atoms with Crippen LogP contribution in [0.25, 0.3) is 11.5 Å². The van der Waals surface area contributed by atoms with Crippen molar-refractivity contribution < 1.29 is 8.81 Å². The summed E-state index contributed by atoms with van der Waals surface area (Å²) < 4.78 is 18.4. The molecule has 2 aromatic rings. The van der Waals surface area contributed by atoms with Gasteiger partial charge in [-0.1, -0.05) is 6.07 Å². The van der Waals surface area contributed by atoms with Crippen LogP contribution in [0.3, 0.4) is 0 Å². The summed E-state index contributed by atoms with van der Waals surface area (Å²) in [5, 5.41) is 0. The third-order valence-electron chi connectivity index (χ3n) is 2.11. The second kappa shape index (κ2) is 4.03. The van der Waals surface area contributed by atoms with Crippen LogP contribution in [-0.4, -0.2) is 4.98 Å². The molecule has 4 heteroatoms. The van der Waals surface area contributed by atoms with Gasteiger partial charge in [0.1, 0.15) is 12.1 Å². The molecule has 2 nitrogen and oxygen atoms in total. The molecule has 2 rings (SSSR count). The van der Waals surface area contributed by atoms with Crippen molar-refractivity contribution in [1.82, 2.24) is 4.98 Å². The van der Waals surface area contributed by atoms with Crippen LogP contribution in [0.15, 0.2) is 28.9 Å². The maximum atomic E-state index is 13.3. The van der Waals surface area contributed by atoms with Crippen LogP contribution in [-0.2, 0) is 5.88 Å². The molecule has 1 aromatic carbocycles. The van der Waals surface area contributed by atoms with Crippen LogP contribution in [0.2, 0.25) is 0 Å². The Kier molecular flexibility index (Phi) is 2.73. The molecule has 0 radical (unpaired) electrons. The number of nitrogens with zero attached hydrogens (tertiary/aromatic N) is 1. The van der Waals surface area contributed by atoms with E-state index in [1.165, 1.54) is 12.3 Å². The first-order valence-electron chi connectivity index (χ1n) is 4.47. The summed E-state index contributed by atoms with van der Waals surface area (Å²) in [4.78, 5) is 4.10. The van der Waals surface area contributed by atoms with E-state index < -0.39 is 0 Å². The van der Waals surface area contributed by atoms with E-state index in [1.807, 2.05) is 0 Å². The molecule has 1 aromatic heterocycles. The Labute approximate surface area is 91.7 Å². The van der Waals surface area contributed by atoms with Gasteiger partial charge < -0.3 is 4.42 Å². The maximum Gasteiger partial charge on any atom is 0.226 e. The zero-order chi connectivity index (χ0) is 10.8. The maximum absolute atomic E-state index is 13.3. The average Bonchev–Trinajstić information content (AvgIpc) is 2.70. The van der Waals surface area contributed by atoms with Gasteiger partial charge in [-0.3, -0.25) is 0 Å².